The normalized spacial score (nSPS) is 24.5. The Morgan fingerprint density at radius 1 is 1.30 bits per heavy atom. The molecule has 0 aromatic heterocycles. The van der Waals surface area contributed by atoms with Crippen LogP contribution in [0.1, 0.15) is 24.9 Å². The molecule has 0 bridgehead atoms. The van der Waals surface area contributed by atoms with Gasteiger partial charge in [0.1, 0.15) is 0 Å². The second kappa shape index (κ2) is 6.68. The van der Waals surface area contributed by atoms with E-state index in [0.717, 1.165) is 32.6 Å². The zero-order chi connectivity index (χ0) is 14.6. The van der Waals surface area contributed by atoms with Crippen molar-refractivity contribution >= 4 is 0 Å². The van der Waals surface area contributed by atoms with E-state index in [4.69, 9.17) is 5.73 Å². The molecule has 0 spiro atoms. The van der Waals surface area contributed by atoms with Crippen LogP contribution in [0.3, 0.4) is 0 Å². The maximum atomic E-state index is 10.1. The van der Waals surface area contributed by atoms with E-state index in [1.165, 1.54) is 5.56 Å². The third-order valence-electron chi connectivity index (χ3n) is 4.26. The van der Waals surface area contributed by atoms with E-state index in [-0.39, 0.29) is 0 Å². The van der Waals surface area contributed by atoms with E-state index in [1.54, 1.807) is 0 Å². The van der Waals surface area contributed by atoms with Crippen molar-refractivity contribution in [2.75, 3.05) is 39.8 Å². The minimum atomic E-state index is -0.759. The molecule has 1 aliphatic heterocycles. The second-order valence-electron chi connectivity index (χ2n) is 6.18. The van der Waals surface area contributed by atoms with E-state index < -0.39 is 5.60 Å². The average molecular weight is 277 g/mol. The van der Waals surface area contributed by atoms with E-state index in [9.17, 15) is 5.11 Å². The number of aliphatic hydroxyl groups is 1. The minimum absolute atomic E-state index is 0.316. The monoisotopic (exact) mass is 277 g/mol. The highest BCUT2D eigenvalue weighted by Gasteiger charge is 2.28. The first kappa shape index (κ1) is 15.4. The molecule has 4 nitrogen and oxygen atoms in total. The van der Waals surface area contributed by atoms with Gasteiger partial charge in [0.25, 0.3) is 0 Å². The van der Waals surface area contributed by atoms with Crippen LogP contribution in [0, 0.1) is 0 Å². The molecular formula is C16H27N3O. The molecular weight excluding hydrogens is 250 g/mol. The zero-order valence-electron chi connectivity index (χ0n) is 12.6. The fourth-order valence-corrected chi connectivity index (χ4v) is 2.70. The van der Waals surface area contributed by atoms with Crippen LogP contribution in [0.5, 0.6) is 0 Å². The Bertz CT molecular complexity index is 407. The van der Waals surface area contributed by atoms with Gasteiger partial charge in [-0.25, -0.2) is 0 Å². The van der Waals surface area contributed by atoms with Gasteiger partial charge in [0.05, 0.1) is 5.60 Å². The molecule has 1 fully saturated rings. The highest BCUT2D eigenvalue weighted by molar-refractivity contribution is 5.20. The number of nitrogens with two attached hydrogens (primary N) is 1. The van der Waals surface area contributed by atoms with Crippen LogP contribution in [0.15, 0.2) is 30.3 Å². The second-order valence-corrected chi connectivity index (χ2v) is 6.18. The minimum Gasteiger partial charge on any atom is -0.389 e. The smallest absolute Gasteiger partial charge is 0.0753 e. The van der Waals surface area contributed by atoms with Crippen molar-refractivity contribution in [3.63, 3.8) is 0 Å². The fraction of sp³-hybridized carbons (Fsp3) is 0.625. The topological polar surface area (TPSA) is 52.7 Å². The summed E-state index contributed by atoms with van der Waals surface area (Å²) in [6, 6.07) is 11.0. The fourth-order valence-electron chi connectivity index (χ4n) is 2.70. The van der Waals surface area contributed by atoms with E-state index >= 15 is 0 Å². The molecule has 0 radical (unpaired) electrons. The summed E-state index contributed by atoms with van der Waals surface area (Å²) >= 11 is 0. The maximum Gasteiger partial charge on any atom is 0.0753 e. The van der Waals surface area contributed by atoms with Crippen LogP contribution >= 0.6 is 0 Å². The van der Waals surface area contributed by atoms with Crippen molar-refractivity contribution in [3.8, 4) is 0 Å². The van der Waals surface area contributed by atoms with Crippen LogP contribution < -0.4 is 5.73 Å². The first-order chi connectivity index (χ1) is 9.52. The first-order valence-corrected chi connectivity index (χ1v) is 7.42. The van der Waals surface area contributed by atoms with Gasteiger partial charge in [-0.3, -0.25) is 4.90 Å². The average Bonchev–Trinajstić information content (AvgIpc) is 2.47. The van der Waals surface area contributed by atoms with E-state index in [0.29, 0.717) is 12.6 Å². The largest absolute Gasteiger partial charge is 0.389 e. The lowest BCUT2D eigenvalue weighted by Gasteiger charge is -2.41. The van der Waals surface area contributed by atoms with Crippen LogP contribution in [0.2, 0.25) is 0 Å². The summed E-state index contributed by atoms with van der Waals surface area (Å²) in [4.78, 5) is 4.84. The Morgan fingerprint density at radius 3 is 2.65 bits per heavy atom. The Labute approximate surface area is 122 Å². The van der Waals surface area contributed by atoms with Crippen molar-refractivity contribution in [3.05, 3.63) is 35.9 Å². The Kier molecular flexibility index (Phi) is 5.16. The van der Waals surface area contributed by atoms with Gasteiger partial charge in [0, 0.05) is 38.8 Å². The summed E-state index contributed by atoms with van der Waals surface area (Å²) < 4.78 is 0. The lowest BCUT2D eigenvalue weighted by atomic mass is 9.99. The molecule has 3 N–H and O–H groups in total. The molecule has 4 heteroatoms. The van der Waals surface area contributed by atoms with Gasteiger partial charge in [-0.15, -0.1) is 0 Å². The number of piperazine rings is 1. The van der Waals surface area contributed by atoms with Gasteiger partial charge < -0.3 is 15.7 Å². The van der Waals surface area contributed by atoms with Gasteiger partial charge >= 0.3 is 0 Å². The number of rotatable bonds is 5. The van der Waals surface area contributed by atoms with Crippen molar-refractivity contribution in [1.29, 1.82) is 0 Å². The van der Waals surface area contributed by atoms with Gasteiger partial charge in [0.2, 0.25) is 0 Å². The molecule has 0 aliphatic carbocycles. The highest BCUT2D eigenvalue weighted by Crippen LogP contribution is 2.25. The summed E-state index contributed by atoms with van der Waals surface area (Å²) in [5.74, 6) is 0. The van der Waals surface area contributed by atoms with Crippen LogP contribution in [0.4, 0.5) is 0 Å². The molecule has 0 saturated carbocycles. The molecule has 1 saturated heterocycles. The van der Waals surface area contributed by atoms with E-state index in [2.05, 4.69) is 47.2 Å². The van der Waals surface area contributed by atoms with Crippen molar-refractivity contribution in [2.45, 2.75) is 25.0 Å². The van der Waals surface area contributed by atoms with Crippen molar-refractivity contribution in [1.82, 2.24) is 9.80 Å². The Balaban J connectivity index is 2.05. The number of hydrogen-bond donors (Lipinski definition) is 2. The predicted molar refractivity (Wildman–Crippen MR) is 82.5 cm³/mol. The summed E-state index contributed by atoms with van der Waals surface area (Å²) in [6.07, 6.45) is 0.719. The molecule has 2 unspecified atom stereocenters. The van der Waals surface area contributed by atoms with Crippen LogP contribution in [0.25, 0.3) is 0 Å². The van der Waals surface area contributed by atoms with Crippen molar-refractivity contribution < 1.29 is 5.11 Å². The van der Waals surface area contributed by atoms with Gasteiger partial charge in [-0.05, 0) is 26.0 Å². The zero-order valence-corrected chi connectivity index (χ0v) is 12.6. The standard InChI is InChI=1S/C16H27N3O/c1-16(20,13-17)8-9-19-11-10-18(2)12-15(19)14-6-4-3-5-7-14/h3-7,15,20H,8-13,17H2,1-2H3. The summed E-state index contributed by atoms with van der Waals surface area (Å²) in [7, 11) is 2.17. The number of likely N-dealkylation sites (N-methyl/N-ethyl adjacent to an activating group) is 1. The predicted octanol–water partition coefficient (Wildman–Crippen LogP) is 1.07. The lowest BCUT2D eigenvalue weighted by molar-refractivity contribution is 0.0256. The third kappa shape index (κ3) is 4.03. The number of benzene rings is 1. The van der Waals surface area contributed by atoms with Crippen LogP contribution in [-0.2, 0) is 0 Å². The van der Waals surface area contributed by atoms with Gasteiger partial charge in [-0.1, -0.05) is 30.3 Å². The lowest BCUT2D eigenvalue weighted by Crippen LogP contribution is -2.48. The van der Waals surface area contributed by atoms with Crippen LogP contribution in [-0.4, -0.2) is 60.3 Å². The Morgan fingerprint density at radius 2 is 2.00 bits per heavy atom. The number of nitrogens with zero attached hydrogens (tertiary/aromatic N) is 2. The molecule has 0 amide bonds. The highest BCUT2D eigenvalue weighted by atomic mass is 16.3. The summed E-state index contributed by atoms with van der Waals surface area (Å²) in [5.41, 5.74) is 6.21. The summed E-state index contributed by atoms with van der Waals surface area (Å²) in [5, 5.41) is 10.1. The van der Waals surface area contributed by atoms with Crippen molar-refractivity contribution in [2.24, 2.45) is 5.73 Å². The maximum absolute atomic E-state index is 10.1. The molecule has 2 rings (SSSR count). The molecule has 1 aromatic rings. The van der Waals surface area contributed by atoms with Gasteiger partial charge in [-0.2, -0.15) is 0 Å². The molecule has 2 atom stereocenters. The molecule has 1 heterocycles. The summed E-state index contributed by atoms with van der Waals surface area (Å²) in [6.45, 7) is 6.18. The quantitative estimate of drug-likeness (QED) is 0.845. The third-order valence-corrected chi connectivity index (χ3v) is 4.26. The Hall–Kier alpha value is -0.940. The molecule has 112 valence electrons. The number of hydrogen-bond acceptors (Lipinski definition) is 4. The van der Waals surface area contributed by atoms with Gasteiger partial charge in [0.15, 0.2) is 0 Å². The first-order valence-electron chi connectivity index (χ1n) is 7.42. The molecule has 1 aliphatic rings. The molecule has 1 aromatic carbocycles. The molecule has 20 heavy (non-hydrogen) atoms. The van der Waals surface area contributed by atoms with E-state index in [1.807, 2.05) is 6.92 Å². The SMILES string of the molecule is CN1CCN(CCC(C)(O)CN)C(c2ccccc2)C1.